The van der Waals surface area contributed by atoms with Gasteiger partial charge in [-0.3, -0.25) is 0 Å². The second-order valence-corrected chi connectivity index (χ2v) is 17.9. The average molecular weight is 849 g/mol. The van der Waals surface area contributed by atoms with Crippen molar-refractivity contribution in [3.63, 3.8) is 0 Å². The molecule has 2 aliphatic rings. The van der Waals surface area contributed by atoms with Crippen LogP contribution in [0.2, 0.25) is 0 Å². The second-order valence-electron chi connectivity index (χ2n) is 17.9. The van der Waals surface area contributed by atoms with Crippen molar-refractivity contribution in [1.29, 1.82) is 0 Å². The molecule has 0 saturated carbocycles. The summed E-state index contributed by atoms with van der Waals surface area (Å²) in [5.41, 5.74) is 13.9. The predicted molar refractivity (Wildman–Crippen MR) is 243 cm³/mol. The zero-order valence-corrected chi connectivity index (χ0v) is 38.9. The van der Waals surface area contributed by atoms with E-state index >= 15 is 0 Å². The Morgan fingerprint density at radius 2 is 1.16 bits per heavy atom. The monoisotopic (exact) mass is 848 g/mol. The summed E-state index contributed by atoms with van der Waals surface area (Å²) in [7, 11) is 11.2. The van der Waals surface area contributed by atoms with Crippen LogP contribution in [0.3, 0.4) is 0 Å². The minimum Gasteiger partial charge on any atom is -0.493 e. The van der Waals surface area contributed by atoms with Gasteiger partial charge in [0.2, 0.25) is 0 Å². The molecule has 10 nitrogen and oxygen atoms in total. The van der Waals surface area contributed by atoms with Gasteiger partial charge in [-0.1, -0.05) is 24.3 Å². The standard InChI is InChI=1S/C52H68N2O8/c1-34-14-15-39(26-35(34)2)30-45-43-29-37(4)36(3)27-40(43)18-22-53(45,6)20-12-24-61-49(55)16-17-50(56)62-25-13-21-54(7)23-19-41-31-46(57-8)47(58-9)33-44(41)51(54)42-28-38(5)52(60-11)48(32-42)59-10/h14-17,26-29,31-33,45,51H,12-13,18-25,30H2,1-11H3/q+2/b17-16-. The Hall–Kier alpha value is -5.32. The number of nitrogens with zero attached hydrogens (tertiary/aromatic N) is 2. The molecule has 0 radical (unpaired) electrons. The van der Waals surface area contributed by atoms with Crippen molar-refractivity contribution in [2.45, 2.75) is 78.8 Å². The second kappa shape index (κ2) is 19.8. The third-order valence-corrected chi connectivity index (χ3v) is 13.7. The number of carbonyl (C=O) groups excluding carboxylic acids is 2. The molecule has 0 saturated heterocycles. The Morgan fingerprint density at radius 3 is 1.77 bits per heavy atom. The molecule has 4 aromatic rings. The molecule has 62 heavy (non-hydrogen) atoms. The average Bonchev–Trinajstić information content (AvgIpc) is 3.25. The third-order valence-electron chi connectivity index (χ3n) is 13.7. The van der Waals surface area contributed by atoms with E-state index in [0.29, 0.717) is 39.9 Å². The normalized spacial score (nSPS) is 20.6. The van der Waals surface area contributed by atoms with Crippen molar-refractivity contribution in [2.75, 3.05) is 81.9 Å². The van der Waals surface area contributed by atoms with Crippen molar-refractivity contribution in [3.05, 3.63) is 128 Å². The molecule has 2 aliphatic heterocycles. The number of fused-ring (bicyclic) bond motifs is 2. The van der Waals surface area contributed by atoms with Gasteiger partial charge in [-0.15, -0.1) is 0 Å². The summed E-state index contributed by atoms with van der Waals surface area (Å²) < 4.78 is 35.6. The fraction of sp³-hybridized carbons (Fsp3) is 0.462. The highest BCUT2D eigenvalue weighted by Crippen LogP contribution is 2.46. The van der Waals surface area contributed by atoms with E-state index in [2.05, 4.69) is 96.4 Å². The molecule has 0 bridgehead atoms. The molecular formula is C52H68N2O8+2. The maximum Gasteiger partial charge on any atom is 0.331 e. The molecule has 0 aliphatic carbocycles. The predicted octanol–water partition coefficient (Wildman–Crippen LogP) is 8.76. The molecule has 4 aromatic carbocycles. The van der Waals surface area contributed by atoms with Gasteiger partial charge < -0.3 is 37.4 Å². The highest BCUT2D eigenvalue weighted by molar-refractivity contribution is 5.91. The van der Waals surface area contributed by atoms with Crippen LogP contribution in [0, 0.1) is 34.6 Å². The van der Waals surface area contributed by atoms with Gasteiger partial charge in [-0.05, 0) is 109 Å². The molecule has 0 aromatic heterocycles. The fourth-order valence-corrected chi connectivity index (χ4v) is 9.84. The number of methoxy groups -OCH3 is 4. The van der Waals surface area contributed by atoms with Crippen molar-refractivity contribution in [3.8, 4) is 23.0 Å². The van der Waals surface area contributed by atoms with E-state index in [1.165, 1.54) is 56.7 Å². The smallest absolute Gasteiger partial charge is 0.331 e. The van der Waals surface area contributed by atoms with Crippen molar-refractivity contribution < 1.29 is 47.0 Å². The van der Waals surface area contributed by atoms with Gasteiger partial charge in [0.1, 0.15) is 12.1 Å². The minimum absolute atomic E-state index is 0.0606. The van der Waals surface area contributed by atoms with Crippen LogP contribution in [-0.4, -0.2) is 103 Å². The van der Waals surface area contributed by atoms with Gasteiger partial charge in [0, 0.05) is 60.9 Å². The van der Waals surface area contributed by atoms with Crippen LogP contribution in [0.15, 0.2) is 66.7 Å². The van der Waals surface area contributed by atoms with Gasteiger partial charge >= 0.3 is 11.9 Å². The molecule has 0 fully saturated rings. The molecule has 332 valence electrons. The highest BCUT2D eigenvalue weighted by Gasteiger charge is 2.42. The zero-order chi connectivity index (χ0) is 44.8. The number of rotatable bonds is 17. The van der Waals surface area contributed by atoms with E-state index in [1.54, 1.807) is 28.4 Å². The van der Waals surface area contributed by atoms with Crippen molar-refractivity contribution in [1.82, 2.24) is 0 Å². The Kier molecular flexibility index (Phi) is 14.8. The molecule has 0 amide bonds. The Labute approximate surface area is 369 Å². The Balaban J connectivity index is 1.04. The van der Waals surface area contributed by atoms with Gasteiger partial charge in [-0.25, -0.2) is 9.59 Å². The molecule has 4 atom stereocenters. The lowest BCUT2D eigenvalue weighted by atomic mass is 9.84. The molecule has 10 heteroatoms. The lowest BCUT2D eigenvalue weighted by Gasteiger charge is -2.46. The zero-order valence-electron chi connectivity index (χ0n) is 38.9. The quantitative estimate of drug-likeness (QED) is 0.0452. The molecular weight excluding hydrogens is 781 g/mol. The maximum absolute atomic E-state index is 12.8. The first-order valence-electron chi connectivity index (χ1n) is 22.0. The number of benzene rings is 4. The Morgan fingerprint density at radius 1 is 0.597 bits per heavy atom. The summed E-state index contributed by atoms with van der Waals surface area (Å²) >= 11 is 0. The summed E-state index contributed by atoms with van der Waals surface area (Å²) in [5.74, 6) is 1.65. The first-order valence-corrected chi connectivity index (χ1v) is 22.0. The van der Waals surface area contributed by atoms with Gasteiger partial charge in [0.25, 0.3) is 0 Å². The fourth-order valence-electron chi connectivity index (χ4n) is 9.84. The van der Waals surface area contributed by atoms with Crippen LogP contribution < -0.4 is 18.9 Å². The number of quaternary nitrogens is 2. The van der Waals surface area contributed by atoms with Gasteiger partial charge in [-0.2, -0.15) is 0 Å². The van der Waals surface area contributed by atoms with E-state index < -0.39 is 11.9 Å². The summed E-state index contributed by atoms with van der Waals surface area (Å²) in [6.45, 7) is 14.8. The van der Waals surface area contributed by atoms with E-state index in [9.17, 15) is 9.59 Å². The minimum atomic E-state index is -0.567. The number of likely N-dealkylation sites (N-methyl/N-ethyl adjacent to an activating group) is 2. The number of hydrogen-bond acceptors (Lipinski definition) is 8. The Bertz CT molecular complexity index is 2300. The summed E-state index contributed by atoms with van der Waals surface area (Å²) in [6, 6.07) is 20.2. The molecule has 0 N–H and O–H groups in total. The van der Waals surface area contributed by atoms with Gasteiger partial charge in [0.05, 0.1) is 81.9 Å². The first kappa shape index (κ1) is 46.2. The number of ether oxygens (including phenoxy) is 6. The lowest BCUT2D eigenvalue weighted by Crippen LogP contribution is -2.52. The molecule has 0 spiro atoms. The number of aryl methyl sites for hydroxylation is 5. The molecule has 4 unspecified atom stereocenters. The highest BCUT2D eigenvalue weighted by atomic mass is 16.5. The van der Waals surface area contributed by atoms with Crippen LogP contribution in [-0.2, 0) is 38.3 Å². The molecule has 6 rings (SSSR count). The summed E-state index contributed by atoms with van der Waals surface area (Å²) in [5, 5.41) is 0. The molecule has 2 heterocycles. The van der Waals surface area contributed by atoms with E-state index in [4.69, 9.17) is 28.4 Å². The summed E-state index contributed by atoms with van der Waals surface area (Å²) in [6.07, 6.45) is 6.51. The van der Waals surface area contributed by atoms with Crippen molar-refractivity contribution >= 4 is 11.9 Å². The van der Waals surface area contributed by atoms with E-state index in [1.807, 2.05) is 6.92 Å². The van der Waals surface area contributed by atoms with Crippen LogP contribution in [0.25, 0.3) is 0 Å². The number of esters is 2. The van der Waals surface area contributed by atoms with E-state index in [-0.39, 0.29) is 19.3 Å². The van der Waals surface area contributed by atoms with Gasteiger partial charge in [0.15, 0.2) is 23.0 Å². The SMILES string of the molecule is COc1cc2c(cc1OC)C(c1cc(C)c(OC)c(OC)c1)[N+](C)(CCCOC(=O)/C=C\C(=O)OCCC[N+]1(C)CCc3cc(C)c(C)cc3C1Cc1ccc(C)c(C)c1)CC2. The van der Waals surface area contributed by atoms with Crippen LogP contribution in [0.1, 0.15) is 86.1 Å². The lowest BCUT2D eigenvalue weighted by molar-refractivity contribution is -0.941. The van der Waals surface area contributed by atoms with Crippen LogP contribution >= 0.6 is 0 Å². The van der Waals surface area contributed by atoms with E-state index in [0.717, 1.165) is 73.0 Å². The topological polar surface area (TPSA) is 89.5 Å². The van der Waals surface area contributed by atoms with Crippen LogP contribution in [0.5, 0.6) is 23.0 Å². The maximum atomic E-state index is 12.8. The largest absolute Gasteiger partial charge is 0.493 e. The first-order chi connectivity index (χ1) is 29.6. The van der Waals surface area contributed by atoms with Crippen LogP contribution in [0.4, 0.5) is 0 Å². The van der Waals surface area contributed by atoms with Crippen molar-refractivity contribution in [2.24, 2.45) is 0 Å². The summed E-state index contributed by atoms with van der Waals surface area (Å²) in [4.78, 5) is 25.6. The number of hydrogen-bond donors (Lipinski definition) is 0. The third kappa shape index (κ3) is 10.1. The number of carbonyl (C=O) groups is 2.